The Labute approximate surface area is 136 Å². The number of hydrogen-bond donors (Lipinski definition) is 2. The molecule has 8 heteroatoms. The first-order valence-corrected chi connectivity index (χ1v) is 8.57. The van der Waals surface area contributed by atoms with Crippen molar-refractivity contribution in [1.82, 2.24) is 4.98 Å². The summed E-state index contributed by atoms with van der Waals surface area (Å²) in [6, 6.07) is 3.76. The van der Waals surface area contributed by atoms with Crippen LogP contribution in [0.5, 0.6) is 0 Å². The fourth-order valence-electron chi connectivity index (χ4n) is 2.05. The van der Waals surface area contributed by atoms with E-state index in [2.05, 4.69) is 4.98 Å². The third-order valence-corrected chi connectivity index (χ3v) is 4.96. The zero-order valence-corrected chi connectivity index (χ0v) is 13.7. The minimum atomic E-state index is -1.59. The quantitative estimate of drug-likeness (QED) is 0.568. The molecule has 0 saturated heterocycles. The summed E-state index contributed by atoms with van der Waals surface area (Å²) in [5.74, 6) is -0.778. The summed E-state index contributed by atoms with van der Waals surface area (Å²) in [5, 5.41) is 23.1. The van der Waals surface area contributed by atoms with E-state index in [0.29, 0.717) is 17.1 Å². The van der Waals surface area contributed by atoms with Crippen molar-refractivity contribution < 1.29 is 19.6 Å². The predicted molar refractivity (Wildman–Crippen MR) is 87.4 cm³/mol. The van der Waals surface area contributed by atoms with E-state index in [4.69, 9.17) is 0 Å². The van der Waals surface area contributed by atoms with Crippen molar-refractivity contribution in [3.05, 3.63) is 38.5 Å². The number of nitrogens with zero attached hydrogens (tertiary/aromatic N) is 1. The highest BCUT2D eigenvalue weighted by Gasteiger charge is 2.27. The Hall–Kier alpha value is -1.35. The lowest BCUT2D eigenvalue weighted by Crippen LogP contribution is -2.25. The highest BCUT2D eigenvalue weighted by molar-refractivity contribution is 7.10. The summed E-state index contributed by atoms with van der Waals surface area (Å²) in [7, 11) is -1.59. The topological polar surface area (TPSA) is 87.5 Å². The Morgan fingerprint density at radius 1 is 1.36 bits per heavy atom. The molecule has 116 valence electrons. The summed E-state index contributed by atoms with van der Waals surface area (Å²) in [4.78, 5) is 28.4. The highest BCUT2D eigenvalue weighted by atomic mass is 32.1. The SMILES string of the molecule is CC(=O)c1csc(C[C@@H](CC(=O)Cc2cccs2)B(O)O)n1. The van der Waals surface area contributed by atoms with Crippen LogP contribution in [0.4, 0.5) is 0 Å². The molecule has 0 saturated carbocycles. The van der Waals surface area contributed by atoms with Gasteiger partial charge in [0.15, 0.2) is 5.78 Å². The van der Waals surface area contributed by atoms with Crippen LogP contribution in [0.3, 0.4) is 0 Å². The molecule has 0 spiro atoms. The lowest BCUT2D eigenvalue weighted by molar-refractivity contribution is -0.118. The molecule has 0 aromatic carbocycles. The van der Waals surface area contributed by atoms with Crippen LogP contribution >= 0.6 is 22.7 Å². The molecule has 2 aromatic rings. The molecule has 22 heavy (non-hydrogen) atoms. The molecular formula is C14H16BNO4S2. The number of carbonyl (C=O) groups excluding carboxylic acids is 2. The van der Waals surface area contributed by atoms with Crippen LogP contribution in [0, 0.1) is 0 Å². The minimum Gasteiger partial charge on any atom is -0.427 e. The lowest BCUT2D eigenvalue weighted by atomic mass is 9.68. The van der Waals surface area contributed by atoms with E-state index in [1.807, 2.05) is 17.5 Å². The van der Waals surface area contributed by atoms with Gasteiger partial charge in [0.05, 0.1) is 5.01 Å². The van der Waals surface area contributed by atoms with Crippen molar-refractivity contribution in [3.8, 4) is 0 Å². The van der Waals surface area contributed by atoms with Crippen LogP contribution in [0.15, 0.2) is 22.9 Å². The van der Waals surface area contributed by atoms with Crippen LogP contribution in [0.2, 0.25) is 5.82 Å². The maximum absolute atomic E-state index is 12.0. The standard InChI is InChI=1S/C14H16BNO4S2/c1-9(17)13-8-22-14(16-13)6-10(15(19)20)5-11(18)7-12-3-2-4-21-12/h2-4,8,10,19-20H,5-7H2,1H3/t10-/m1/s1. The number of aromatic nitrogens is 1. The summed E-state index contributed by atoms with van der Waals surface area (Å²) < 4.78 is 0. The zero-order valence-electron chi connectivity index (χ0n) is 12.1. The third kappa shape index (κ3) is 4.84. The molecule has 0 fully saturated rings. The molecule has 0 amide bonds. The largest absolute Gasteiger partial charge is 0.455 e. The first-order valence-electron chi connectivity index (χ1n) is 6.81. The van der Waals surface area contributed by atoms with Gasteiger partial charge in [-0.3, -0.25) is 9.59 Å². The maximum atomic E-state index is 12.0. The van der Waals surface area contributed by atoms with Gasteiger partial charge < -0.3 is 10.0 Å². The molecule has 0 aliphatic rings. The Morgan fingerprint density at radius 3 is 2.68 bits per heavy atom. The second kappa shape index (κ2) is 7.78. The van der Waals surface area contributed by atoms with Crippen molar-refractivity contribution in [2.75, 3.05) is 0 Å². The van der Waals surface area contributed by atoms with E-state index < -0.39 is 12.9 Å². The average Bonchev–Trinajstić information content (AvgIpc) is 3.09. The molecule has 0 aliphatic heterocycles. The van der Waals surface area contributed by atoms with Gasteiger partial charge in [0.2, 0.25) is 0 Å². The molecule has 2 aromatic heterocycles. The first kappa shape index (κ1) is 17.0. The smallest absolute Gasteiger partial charge is 0.427 e. The van der Waals surface area contributed by atoms with Gasteiger partial charge in [-0.25, -0.2) is 4.98 Å². The van der Waals surface area contributed by atoms with E-state index in [1.54, 1.807) is 5.38 Å². The summed E-state index contributed by atoms with van der Waals surface area (Å²) in [5.41, 5.74) is 0.371. The number of thiazole rings is 1. The molecular weight excluding hydrogens is 321 g/mol. The third-order valence-electron chi connectivity index (χ3n) is 3.21. The van der Waals surface area contributed by atoms with Crippen LogP contribution < -0.4 is 0 Å². The van der Waals surface area contributed by atoms with Crippen molar-refractivity contribution >= 4 is 41.4 Å². The fraction of sp³-hybridized carbons (Fsp3) is 0.357. The van der Waals surface area contributed by atoms with Crippen LogP contribution in [0.1, 0.15) is 33.7 Å². The summed E-state index contributed by atoms with van der Waals surface area (Å²) in [6.07, 6.45) is 0.647. The molecule has 5 nitrogen and oxygen atoms in total. The second-order valence-electron chi connectivity index (χ2n) is 5.06. The van der Waals surface area contributed by atoms with Crippen molar-refractivity contribution in [2.45, 2.75) is 32.0 Å². The zero-order chi connectivity index (χ0) is 16.1. The molecule has 2 rings (SSSR count). The van der Waals surface area contributed by atoms with Gasteiger partial charge in [-0.05, 0) is 11.4 Å². The summed E-state index contributed by atoms with van der Waals surface area (Å²) in [6.45, 7) is 1.43. The van der Waals surface area contributed by atoms with E-state index in [1.165, 1.54) is 29.6 Å². The van der Waals surface area contributed by atoms with Crippen molar-refractivity contribution in [1.29, 1.82) is 0 Å². The van der Waals surface area contributed by atoms with Gasteiger partial charge in [-0.2, -0.15) is 0 Å². The van der Waals surface area contributed by atoms with Crippen LogP contribution in [-0.4, -0.2) is 33.7 Å². The molecule has 0 aliphatic carbocycles. The van der Waals surface area contributed by atoms with Gasteiger partial charge in [-0.15, -0.1) is 22.7 Å². The molecule has 1 atom stereocenters. The predicted octanol–water partition coefficient (Wildman–Crippen LogP) is 1.99. The van der Waals surface area contributed by atoms with Gasteiger partial charge >= 0.3 is 7.12 Å². The van der Waals surface area contributed by atoms with Crippen LogP contribution in [0.25, 0.3) is 0 Å². The van der Waals surface area contributed by atoms with Crippen molar-refractivity contribution in [3.63, 3.8) is 0 Å². The number of hydrogen-bond acceptors (Lipinski definition) is 7. The fourth-order valence-corrected chi connectivity index (χ4v) is 3.71. The maximum Gasteiger partial charge on any atom is 0.455 e. The normalized spacial score (nSPS) is 12.1. The molecule has 0 radical (unpaired) electrons. The molecule has 0 bridgehead atoms. The number of rotatable bonds is 8. The van der Waals surface area contributed by atoms with E-state index in [-0.39, 0.29) is 24.4 Å². The van der Waals surface area contributed by atoms with Gasteiger partial charge in [0, 0.05) is 42.3 Å². The molecule has 2 N–H and O–H groups in total. The Kier molecular flexibility index (Phi) is 6.02. The van der Waals surface area contributed by atoms with E-state index in [0.717, 1.165) is 4.88 Å². The van der Waals surface area contributed by atoms with E-state index >= 15 is 0 Å². The van der Waals surface area contributed by atoms with Crippen molar-refractivity contribution in [2.24, 2.45) is 0 Å². The van der Waals surface area contributed by atoms with Gasteiger partial charge in [0.25, 0.3) is 0 Å². The van der Waals surface area contributed by atoms with E-state index in [9.17, 15) is 19.6 Å². The average molecular weight is 337 g/mol. The lowest BCUT2D eigenvalue weighted by Gasteiger charge is -2.13. The Bertz CT molecular complexity index is 639. The Balaban J connectivity index is 1.97. The number of thiophene rings is 1. The van der Waals surface area contributed by atoms with Gasteiger partial charge in [-0.1, -0.05) is 6.07 Å². The molecule has 2 heterocycles. The summed E-state index contributed by atoms with van der Waals surface area (Å²) >= 11 is 2.80. The second-order valence-corrected chi connectivity index (χ2v) is 7.03. The van der Waals surface area contributed by atoms with Crippen LogP contribution in [-0.2, 0) is 17.6 Å². The number of carbonyl (C=O) groups is 2. The monoisotopic (exact) mass is 337 g/mol. The van der Waals surface area contributed by atoms with Gasteiger partial charge in [0.1, 0.15) is 11.5 Å². The Morgan fingerprint density at radius 2 is 2.14 bits per heavy atom. The minimum absolute atomic E-state index is 0.0381. The number of ketones is 2. The molecule has 0 unspecified atom stereocenters. The first-order chi connectivity index (χ1) is 10.5. The highest BCUT2D eigenvalue weighted by Crippen LogP contribution is 2.24. The number of Topliss-reactive ketones (excluding diaryl/α,β-unsaturated/α-hetero) is 2.